The van der Waals surface area contributed by atoms with Crippen LogP contribution in [0.1, 0.15) is 0 Å². The average molecular weight is 358 g/mol. The van der Waals surface area contributed by atoms with Gasteiger partial charge < -0.3 is 29.2 Å². The summed E-state index contributed by atoms with van der Waals surface area (Å²) in [6, 6.07) is 11.1. The van der Waals surface area contributed by atoms with Crippen molar-refractivity contribution in [2.75, 3.05) is 51.2 Å². The van der Waals surface area contributed by atoms with Crippen LogP contribution >= 0.6 is 0 Å². The third-order valence-corrected chi connectivity index (χ3v) is 4.11. The molecule has 0 fully saturated rings. The number of nitrogens with zero attached hydrogens (tertiary/aromatic N) is 1. The molecule has 1 aliphatic rings. The number of benzene rings is 2. The lowest BCUT2D eigenvalue weighted by atomic mass is 10.2. The molecule has 1 amide bonds. The molecule has 2 aromatic carbocycles. The molecule has 1 aliphatic heterocycles. The van der Waals surface area contributed by atoms with Crippen LogP contribution in [0.4, 0.5) is 11.4 Å². The molecular formula is C19H22N2O5. The third kappa shape index (κ3) is 3.61. The zero-order valence-corrected chi connectivity index (χ0v) is 15.1. The van der Waals surface area contributed by atoms with E-state index in [0.29, 0.717) is 36.1 Å². The highest BCUT2D eigenvalue weighted by atomic mass is 16.5. The van der Waals surface area contributed by atoms with Crippen LogP contribution in [0.15, 0.2) is 36.4 Å². The monoisotopic (exact) mass is 358 g/mol. The van der Waals surface area contributed by atoms with Gasteiger partial charge in [0.2, 0.25) is 11.7 Å². The van der Waals surface area contributed by atoms with Crippen LogP contribution in [-0.4, -0.2) is 46.9 Å². The van der Waals surface area contributed by atoms with Gasteiger partial charge in [-0.05, 0) is 12.1 Å². The molecule has 1 N–H and O–H groups in total. The molecule has 0 saturated heterocycles. The number of anilines is 2. The molecule has 2 aromatic rings. The predicted molar refractivity (Wildman–Crippen MR) is 98.9 cm³/mol. The van der Waals surface area contributed by atoms with E-state index in [1.165, 1.54) is 21.3 Å². The van der Waals surface area contributed by atoms with Gasteiger partial charge in [-0.25, -0.2) is 0 Å². The molecule has 0 aliphatic carbocycles. The van der Waals surface area contributed by atoms with Crippen LogP contribution in [0, 0.1) is 0 Å². The van der Waals surface area contributed by atoms with E-state index in [0.717, 1.165) is 11.4 Å². The smallest absolute Gasteiger partial charge is 0.243 e. The van der Waals surface area contributed by atoms with Gasteiger partial charge in [0, 0.05) is 17.8 Å². The van der Waals surface area contributed by atoms with Crippen molar-refractivity contribution in [1.82, 2.24) is 0 Å². The lowest BCUT2D eigenvalue weighted by Gasteiger charge is -2.30. The minimum absolute atomic E-state index is 0.143. The number of nitrogens with one attached hydrogen (secondary N) is 1. The normalized spacial score (nSPS) is 12.7. The van der Waals surface area contributed by atoms with Gasteiger partial charge in [0.1, 0.15) is 12.4 Å². The Kier molecular flexibility index (Phi) is 5.36. The topological polar surface area (TPSA) is 69.3 Å². The molecule has 1 heterocycles. The van der Waals surface area contributed by atoms with Gasteiger partial charge in [-0.1, -0.05) is 12.1 Å². The van der Waals surface area contributed by atoms with Crippen molar-refractivity contribution in [3.05, 3.63) is 36.4 Å². The van der Waals surface area contributed by atoms with E-state index < -0.39 is 0 Å². The number of carbonyl (C=O) groups excluding carboxylic acids is 1. The Hall–Kier alpha value is -3.09. The van der Waals surface area contributed by atoms with Gasteiger partial charge in [-0.15, -0.1) is 0 Å². The van der Waals surface area contributed by atoms with Crippen molar-refractivity contribution in [3.8, 4) is 23.0 Å². The van der Waals surface area contributed by atoms with Crippen LogP contribution in [0.25, 0.3) is 0 Å². The second-order valence-corrected chi connectivity index (χ2v) is 5.70. The van der Waals surface area contributed by atoms with Gasteiger partial charge in [0.15, 0.2) is 11.5 Å². The second kappa shape index (κ2) is 7.86. The van der Waals surface area contributed by atoms with Gasteiger partial charge >= 0.3 is 0 Å². The van der Waals surface area contributed by atoms with Crippen molar-refractivity contribution in [2.45, 2.75) is 0 Å². The molecule has 0 radical (unpaired) electrons. The van der Waals surface area contributed by atoms with Crippen molar-refractivity contribution >= 4 is 17.3 Å². The lowest BCUT2D eigenvalue weighted by Crippen LogP contribution is -2.38. The Bertz CT molecular complexity index is 768. The first-order valence-electron chi connectivity index (χ1n) is 8.23. The summed E-state index contributed by atoms with van der Waals surface area (Å²) >= 11 is 0. The number of ether oxygens (including phenoxy) is 4. The first kappa shape index (κ1) is 17.7. The summed E-state index contributed by atoms with van der Waals surface area (Å²) in [5.41, 5.74) is 1.49. The van der Waals surface area contributed by atoms with E-state index in [9.17, 15) is 4.79 Å². The summed E-state index contributed by atoms with van der Waals surface area (Å²) in [4.78, 5) is 14.5. The summed E-state index contributed by atoms with van der Waals surface area (Å²) in [5.74, 6) is 2.10. The molecule has 0 bridgehead atoms. The maximum Gasteiger partial charge on any atom is 0.243 e. The molecule has 0 aromatic heterocycles. The first-order valence-corrected chi connectivity index (χ1v) is 8.23. The number of methoxy groups -OCH3 is 3. The summed E-state index contributed by atoms with van der Waals surface area (Å²) in [7, 11) is 4.61. The first-order chi connectivity index (χ1) is 12.7. The number of carbonyl (C=O) groups is 1. The van der Waals surface area contributed by atoms with Crippen molar-refractivity contribution in [2.24, 2.45) is 0 Å². The molecule has 7 heteroatoms. The van der Waals surface area contributed by atoms with Crippen LogP contribution < -0.4 is 29.2 Å². The fourth-order valence-electron chi connectivity index (χ4n) is 2.92. The van der Waals surface area contributed by atoms with E-state index in [-0.39, 0.29) is 12.5 Å². The summed E-state index contributed by atoms with van der Waals surface area (Å²) in [6.45, 7) is 1.42. The fourth-order valence-corrected chi connectivity index (χ4v) is 2.92. The summed E-state index contributed by atoms with van der Waals surface area (Å²) < 4.78 is 21.5. The van der Waals surface area contributed by atoms with Crippen molar-refractivity contribution in [3.63, 3.8) is 0 Å². The Morgan fingerprint density at radius 1 is 1.12 bits per heavy atom. The van der Waals surface area contributed by atoms with Crippen molar-refractivity contribution in [1.29, 1.82) is 0 Å². The summed E-state index contributed by atoms with van der Waals surface area (Å²) in [6.07, 6.45) is 0. The average Bonchev–Trinajstić information content (AvgIpc) is 2.67. The number of rotatable bonds is 6. The Balaban J connectivity index is 1.75. The van der Waals surface area contributed by atoms with E-state index in [1.807, 2.05) is 29.2 Å². The second-order valence-electron chi connectivity index (χ2n) is 5.70. The highest BCUT2D eigenvalue weighted by Gasteiger charge is 2.20. The largest absolute Gasteiger partial charge is 0.493 e. The third-order valence-electron chi connectivity index (χ3n) is 4.11. The maximum absolute atomic E-state index is 12.5. The number of para-hydroxylation sites is 2. The minimum Gasteiger partial charge on any atom is -0.493 e. The lowest BCUT2D eigenvalue weighted by molar-refractivity contribution is -0.115. The molecule has 7 nitrogen and oxygen atoms in total. The van der Waals surface area contributed by atoms with Crippen molar-refractivity contribution < 1.29 is 23.7 Å². The molecule has 138 valence electrons. The SMILES string of the molecule is COc1cc(NC(=O)CN2CCOc3ccccc32)cc(OC)c1OC. The zero-order chi connectivity index (χ0) is 18.5. The standard InChI is InChI=1S/C19H22N2O5/c1-23-16-10-13(11-17(24-2)19(16)25-3)20-18(22)12-21-8-9-26-15-7-5-4-6-14(15)21/h4-7,10-11H,8-9,12H2,1-3H3,(H,20,22). The Labute approximate surface area is 152 Å². The van der Waals surface area contributed by atoms with Gasteiger partial charge in [0.05, 0.1) is 40.1 Å². The number of hydrogen-bond acceptors (Lipinski definition) is 6. The van der Waals surface area contributed by atoms with E-state index in [1.54, 1.807) is 12.1 Å². The molecular weight excluding hydrogens is 336 g/mol. The molecule has 0 saturated carbocycles. The van der Waals surface area contributed by atoms with E-state index in [2.05, 4.69) is 5.32 Å². The summed E-state index contributed by atoms with van der Waals surface area (Å²) in [5, 5.41) is 2.88. The Morgan fingerprint density at radius 2 is 1.81 bits per heavy atom. The molecule has 26 heavy (non-hydrogen) atoms. The Morgan fingerprint density at radius 3 is 2.46 bits per heavy atom. The van der Waals surface area contributed by atoms with Crippen LogP contribution in [0.3, 0.4) is 0 Å². The fraction of sp³-hybridized carbons (Fsp3) is 0.316. The van der Waals surface area contributed by atoms with Crippen LogP contribution in [0.5, 0.6) is 23.0 Å². The number of hydrogen-bond donors (Lipinski definition) is 1. The van der Waals surface area contributed by atoms with Gasteiger partial charge in [-0.2, -0.15) is 0 Å². The predicted octanol–water partition coefficient (Wildman–Crippen LogP) is 2.55. The van der Waals surface area contributed by atoms with Crippen LogP contribution in [0.2, 0.25) is 0 Å². The highest BCUT2D eigenvalue weighted by Crippen LogP contribution is 2.40. The molecule has 0 spiro atoms. The van der Waals surface area contributed by atoms with E-state index >= 15 is 0 Å². The highest BCUT2D eigenvalue weighted by molar-refractivity contribution is 5.95. The van der Waals surface area contributed by atoms with Crippen LogP contribution in [-0.2, 0) is 4.79 Å². The molecule has 3 rings (SSSR count). The zero-order valence-electron chi connectivity index (χ0n) is 15.1. The quantitative estimate of drug-likeness (QED) is 0.856. The number of amides is 1. The van der Waals surface area contributed by atoms with E-state index in [4.69, 9.17) is 18.9 Å². The number of fused-ring (bicyclic) bond motifs is 1. The van der Waals surface area contributed by atoms with Gasteiger partial charge in [-0.3, -0.25) is 4.79 Å². The maximum atomic E-state index is 12.5. The minimum atomic E-state index is -0.143. The molecule has 0 unspecified atom stereocenters. The van der Waals surface area contributed by atoms with Gasteiger partial charge in [0.25, 0.3) is 0 Å². The molecule has 0 atom stereocenters.